The zero-order valence-corrected chi connectivity index (χ0v) is 17.5. The molecule has 0 aliphatic rings. The average Bonchev–Trinajstić information content (AvgIpc) is 3.29. The molecule has 0 aliphatic heterocycles. The third-order valence-corrected chi connectivity index (χ3v) is 5.30. The summed E-state index contributed by atoms with van der Waals surface area (Å²) in [5.41, 5.74) is 1.46. The van der Waals surface area contributed by atoms with E-state index in [4.69, 9.17) is 9.15 Å². The predicted octanol–water partition coefficient (Wildman–Crippen LogP) is 5.71. The number of anilines is 2. The van der Waals surface area contributed by atoms with Crippen molar-refractivity contribution in [3.05, 3.63) is 88.8 Å². The molecule has 0 aliphatic carbocycles. The summed E-state index contributed by atoms with van der Waals surface area (Å²) >= 11 is 3.54. The van der Waals surface area contributed by atoms with Crippen LogP contribution in [-0.2, 0) is 0 Å². The van der Waals surface area contributed by atoms with Crippen molar-refractivity contribution in [1.29, 1.82) is 0 Å². The minimum atomic E-state index is -0.372. The van der Waals surface area contributed by atoms with Crippen LogP contribution < -0.4 is 15.4 Å². The number of benzene rings is 3. The number of hydrogen-bond donors (Lipinski definition) is 2. The fourth-order valence-electron chi connectivity index (χ4n) is 3.13. The number of carbonyl (C=O) groups excluding carboxylic acids is 2. The van der Waals surface area contributed by atoms with Gasteiger partial charge in [0.2, 0.25) is 0 Å². The quantitative estimate of drug-likeness (QED) is 0.396. The van der Waals surface area contributed by atoms with Crippen LogP contribution in [-0.4, -0.2) is 18.9 Å². The summed E-state index contributed by atoms with van der Waals surface area (Å²) < 4.78 is 11.3. The van der Waals surface area contributed by atoms with Crippen molar-refractivity contribution in [3.63, 3.8) is 0 Å². The fourth-order valence-corrected chi connectivity index (χ4v) is 3.86. The van der Waals surface area contributed by atoms with E-state index in [-0.39, 0.29) is 17.6 Å². The predicted molar refractivity (Wildman–Crippen MR) is 119 cm³/mol. The van der Waals surface area contributed by atoms with E-state index < -0.39 is 0 Å². The van der Waals surface area contributed by atoms with Gasteiger partial charge in [0.15, 0.2) is 5.76 Å². The van der Waals surface area contributed by atoms with Gasteiger partial charge in [-0.25, -0.2) is 0 Å². The number of hydrogen-bond acceptors (Lipinski definition) is 4. The zero-order chi connectivity index (χ0) is 21.1. The molecule has 0 spiro atoms. The van der Waals surface area contributed by atoms with Crippen LogP contribution in [0.5, 0.6) is 5.75 Å². The number of fused-ring (bicyclic) bond motifs is 1. The maximum absolute atomic E-state index is 13.0. The SMILES string of the molecule is COc1c(C(=O)Nc2cccc(NC(=O)c3ccco3)c2)cc2ccccc2c1Br. The second-order valence-electron chi connectivity index (χ2n) is 6.46. The highest BCUT2D eigenvalue weighted by molar-refractivity contribution is 9.10. The summed E-state index contributed by atoms with van der Waals surface area (Å²) in [6.45, 7) is 0. The molecule has 4 aromatic rings. The van der Waals surface area contributed by atoms with Gasteiger partial charge in [0.25, 0.3) is 11.8 Å². The van der Waals surface area contributed by atoms with Crippen LogP contribution in [0.2, 0.25) is 0 Å². The molecule has 0 unspecified atom stereocenters. The maximum Gasteiger partial charge on any atom is 0.291 e. The lowest BCUT2D eigenvalue weighted by molar-refractivity contribution is 0.0994. The van der Waals surface area contributed by atoms with Crippen LogP contribution in [0.4, 0.5) is 11.4 Å². The van der Waals surface area contributed by atoms with E-state index in [0.717, 1.165) is 10.8 Å². The van der Waals surface area contributed by atoms with Gasteiger partial charge >= 0.3 is 0 Å². The van der Waals surface area contributed by atoms with E-state index in [2.05, 4.69) is 26.6 Å². The lowest BCUT2D eigenvalue weighted by Crippen LogP contribution is -2.14. The van der Waals surface area contributed by atoms with Crippen LogP contribution in [0.1, 0.15) is 20.9 Å². The molecule has 0 atom stereocenters. The van der Waals surface area contributed by atoms with E-state index in [1.165, 1.54) is 13.4 Å². The third-order valence-electron chi connectivity index (χ3n) is 4.51. The molecule has 4 rings (SSSR count). The standard InChI is InChI=1S/C23H17BrN2O4/c1-29-21-18(12-14-6-2-3-9-17(14)20(21)24)22(27)25-15-7-4-8-16(13-15)26-23(28)19-10-5-11-30-19/h2-13H,1H3,(H,25,27)(H,26,28). The highest BCUT2D eigenvalue weighted by Gasteiger charge is 2.18. The first-order chi connectivity index (χ1) is 14.6. The van der Waals surface area contributed by atoms with Crippen molar-refractivity contribution in [2.75, 3.05) is 17.7 Å². The Hall–Kier alpha value is -3.58. The number of nitrogens with one attached hydrogen (secondary N) is 2. The molecule has 0 saturated heterocycles. The van der Waals surface area contributed by atoms with E-state index in [1.54, 1.807) is 42.5 Å². The Morgan fingerprint density at radius 2 is 1.63 bits per heavy atom. The molecule has 30 heavy (non-hydrogen) atoms. The van der Waals surface area contributed by atoms with E-state index >= 15 is 0 Å². The minimum absolute atomic E-state index is 0.204. The topological polar surface area (TPSA) is 80.6 Å². The van der Waals surface area contributed by atoms with Crippen molar-refractivity contribution >= 4 is 49.9 Å². The summed E-state index contributed by atoms with van der Waals surface area (Å²) in [5.74, 6) is -0.0416. The number of halogens is 1. The summed E-state index contributed by atoms with van der Waals surface area (Å²) in [5, 5.41) is 7.46. The van der Waals surface area contributed by atoms with Crippen molar-refractivity contribution in [2.24, 2.45) is 0 Å². The molecular formula is C23H17BrN2O4. The molecule has 1 aromatic heterocycles. The normalized spacial score (nSPS) is 10.6. The first kappa shape index (κ1) is 19.7. The Bertz CT molecular complexity index is 1240. The van der Waals surface area contributed by atoms with Gasteiger partial charge in [-0.05, 0) is 63.1 Å². The Balaban J connectivity index is 1.59. The Kier molecular flexibility index (Phi) is 5.54. The molecule has 0 bridgehead atoms. The van der Waals surface area contributed by atoms with Gasteiger partial charge in [0.05, 0.1) is 23.4 Å². The Morgan fingerprint density at radius 1 is 0.900 bits per heavy atom. The van der Waals surface area contributed by atoms with Gasteiger partial charge < -0.3 is 19.8 Å². The lowest BCUT2D eigenvalue weighted by Gasteiger charge is -2.14. The molecule has 2 N–H and O–H groups in total. The van der Waals surface area contributed by atoms with Crippen molar-refractivity contribution < 1.29 is 18.7 Å². The number of ether oxygens (including phenoxy) is 1. The van der Waals surface area contributed by atoms with Crippen LogP contribution in [0.15, 0.2) is 81.9 Å². The second kappa shape index (κ2) is 8.42. The van der Waals surface area contributed by atoms with Gasteiger partial charge in [0, 0.05) is 11.4 Å². The molecular weight excluding hydrogens is 448 g/mol. The summed E-state index contributed by atoms with van der Waals surface area (Å²) in [7, 11) is 1.52. The summed E-state index contributed by atoms with van der Waals surface area (Å²) in [6.07, 6.45) is 1.43. The molecule has 6 nitrogen and oxygen atoms in total. The summed E-state index contributed by atoms with van der Waals surface area (Å²) in [6, 6.07) is 19.6. The van der Waals surface area contributed by atoms with E-state index in [9.17, 15) is 9.59 Å². The molecule has 150 valence electrons. The number of methoxy groups -OCH3 is 1. The lowest BCUT2D eigenvalue weighted by atomic mass is 10.0. The van der Waals surface area contributed by atoms with Crippen molar-refractivity contribution in [2.45, 2.75) is 0 Å². The Labute approximate surface area is 181 Å². The monoisotopic (exact) mass is 464 g/mol. The smallest absolute Gasteiger partial charge is 0.291 e. The molecule has 0 fully saturated rings. The third kappa shape index (κ3) is 3.92. The largest absolute Gasteiger partial charge is 0.495 e. The second-order valence-corrected chi connectivity index (χ2v) is 7.25. The first-order valence-electron chi connectivity index (χ1n) is 9.08. The fraction of sp³-hybridized carbons (Fsp3) is 0.0435. The van der Waals surface area contributed by atoms with Gasteiger partial charge in [-0.2, -0.15) is 0 Å². The number of carbonyl (C=O) groups is 2. The van der Waals surface area contributed by atoms with Crippen LogP contribution in [0.3, 0.4) is 0 Å². The molecule has 1 heterocycles. The van der Waals surface area contributed by atoms with Crippen LogP contribution in [0.25, 0.3) is 10.8 Å². The first-order valence-corrected chi connectivity index (χ1v) is 9.87. The molecule has 2 amide bonds. The minimum Gasteiger partial charge on any atom is -0.495 e. The highest BCUT2D eigenvalue weighted by atomic mass is 79.9. The van der Waals surface area contributed by atoms with Gasteiger partial charge in [-0.15, -0.1) is 0 Å². The number of rotatable bonds is 5. The molecule has 3 aromatic carbocycles. The van der Waals surface area contributed by atoms with Crippen LogP contribution >= 0.6 is 15.9 Å². The Morgan fingerprint density at radius 3 is 2.33 bits per heavy atom. The van der Waals surface area contributed by atoms with E-state index in [1.807, 2.05) is 24.3 Å². The summed E-state index contributed by atoms with van der Waals surface area (Å²) in [4.78, 5) is 25.2. The van der Waals surface area contributed by atoms with Crippen LogP contribution in [0, 0.1) is 0 Å². The average molecular weight is 465 g/mol. The molecule has 0 radical (unpaired) electrons. The number of amides is 2. The highest BCUT2D eigenvalue weighted by Crippen LogP contribution is 2.37. The van der Waals surface area contributed by atoms with Gasteiger partial charge in [-0.3, -0.25) is 9.59 Å². The zero-order valence-electron chi connectivity index (χ0n) is 15.9. The van der Waals surface area contributed by atoms with Gasteiger partial charge in [0.1, 0.15) is 5.75 Å². The van der Waals surface area contributed by atoms with Crippen molar-refractivity contribution in [1.82, 2.24) is 0 Å². The molecule has 7 heteroatoms. The van der Waals surface area contributed by atoms with Crippen molar-refractivity contribution in [3.8, 4) is 5.75 Å². The molecule has 0 saturated carbocycles. The number of furan rings is 1. The van der Waals surface area contributed by atoms with E-state index in [0.29, 0.717) is 27.2 Å². The maximum atomic E-state index is 13.0. The van der Waals surface area contributed by atoms with Gasteiger partial charge in [-0.1, -0.05) is 30.3 Å².